The van der Waals surface area contributed by atoms with Gasteiger partial charge in [0.1, 0.15) is 0 Å². The molecule has 2 unspecified atom stereocenters. The van der Waals surface area contributed by atoms with Crippen LogP contribution in [-0.4, -0.2) is 41.5 Å². The van der Waals surface area contributed by atoms with Crippen LogP contribution in [0.3, 0.4) is 0 Å². The zero-order valence-corrected chi connectivity index (χ0v) is 11.0. The molecular formula is C13H25N3O. The second kappa shape index (κ2) is 5.36. The number of nitrogens with two attached hydrogens (primary N) is 1. The van der Waals surface area contributed by atoms with E-state index in [2.05, 4.69) is 10.2 Å². The summed E-state index contributed by atoms with van der Waals surface area (Å²) in [7, 11) is 0. The van der Waals surface area contributed by atoms with E-state index in [1.807, 2.05) is 13.8 Å². The Labute approximate surface area is 104 Å². The minimum absolute atomic E-state index is 0.160. The first-order valence-electron chi connectivity index (χ1n) is 6.87. The highest BCUT2D eigenvalue weighted by atomic mass is 16.2. The molecule has 17 heavy (non-hydrogen) atoms. The van der Waals surface area contributed by atoms with Crippen molar-refractivity contribution in [2.24, 2.45) is 5.73 Å². The molecule has 2 saturated heterocycles. The second-order valence-electron chi connectivity index (χ2n) is 5.86. The third-order valence-corrected chi connectivity index (χ3v) is 3.94. The molecule has 0 aromatic rings. The minimum atomic E-state index is 0.160. The summed E-state index contributed by atoms with van der Waals surface area (Å²) in [6, 6.07) is 1.65. The molecule has 2 aliphatic rings. The molecule has 0 saturated carbocycles. The van der Waals surface area contributed by atoms with Gasteiger partial charge in [-0.15, -0.1) is 0 Å². The largest absolute Gasteiger partial charge is 0.353 e. The quantitative estimate of drug-likeness (QED) is 0.768. The first-order valence-corrected chi connectivity index (χ1v) is 6.87. The molecule has 2 rings (SSSR count). The molecule has 1 amide bonds. The van der Waals surface area contributed by atoms with Gasteiger partial charge in [0.2, 0.25) is 5.91 Å². The molecule has 3 N–H and O–H groups in total. The van der Waals surface area contributed by atoms with Crippen molar-refractivity contribution in [3.8, 4) is 0 Å². The summed E-state index contributed by atoms with van der Waals surface area (Å²) in [4.78, 5) is 14.2. The summed E-state index contributed by atoms with van der Waals surface area (Å²) < 4.78 is 0. The first kappa shape index (κ1) is 12.8. The Morgan fingerprint density at radius 2 is 1.94 bits per heavy atom. The summed E-state index contributed by atoms with van der Waals surface area (Å²) in [6.07, 6.45) is 5.83. The predicted molar refractivity (Wildman–Crippen MR) is 68.6 cm³/mol. The van der Waals surface area contributed by atoms with Gasteiger partial charge >= 0.3 is 0 Å². The zero-order valence-electron chi connectivity index (χ0n) is 11.0. The van der Waals surface area contributed by atoms with E-state index in [-0.39, 0.29) is 11.9 Å². The van der Waals surface area contributed by atoms with Gasteiger partial charge < -0.3 is 11.1 Å². The molecule has 2 bridgehead atoms. The van der Waals surface area contributed by atoms with Gasteiger partial charge in [0.25, 0.3) is 0 Å². The van der Waals surface area contributed by atoms with Crippen LogP contribution >= 0.6 is 0 Å². The lowest BCUT2D eigenvalue weighted by Crippen LogP contribution is -2.57. The Balaban J connectivity index is 1.93. The number of nitrogens with one attached hydrogen (secondary N) is 1. The van der Waals surface area contributed by atoms with Crippen LogP contribution in [0, 0.1) is 0 Å². The summed E-state index contributed by atoms with van der Waals surface area (Å²) in [6.45, 7) is 4.57. The van der Waals surface area contributed by atoms with E-state index in [9.17, 15) is 4.79 Å². The highest BCUT2D eigenvalue weighted by Crippen LogP contribution is 2.32. The molecule has 2 heterocycles. The monoisotopic (exact) mass is 239 g/mol. The van der Waals surface area contributed by atoms with E-state index in [4.69, 9.17) is 5.73 Å². The molecule has 0 aromatic carbocycles. The Bertz CT molecular complexity index is 266. The third-order valence-electron chi connectivity index (χ3n) is 3.94. The van der Waals surface area contributed by atoms with E-state index < -0.39 is 0 Å². The van der Waals surface area contributed by atoms with Crippen LogP contribution in [0.15, 0.2) is 0 Å². The topological polar surface area (TPSA) is 58.4 Å². The lowest BCUT2D eigenvalue weighted by molar-refractivity contribution is -0.125. The molecule has 4 heteroatoms. The van der Waals surface area contributed by atoms with Crippen molar-refractivity contribution in [3.05, 3.63) is 0 Å². The van der Waals surface area contributed by atoms with Crippen LogP contribution in [-0.2, 0) is 4.79 Å². The Morgan fingerprint density at radius 3 is 2.47 bits per heavy atom. The fraction of sp³-hybridized carbons (Fsp3) is 0.923. The average Bonchev–Trinajstić information content (AvgIpc) is 2.18. The van der Waals surface area contributed by atoms with Crippen molar-refractivity contribution < 1.29 is 4.79 Å². The predicted octanol–water partition coefficient (Wildman–Crippen LogP) is 0.855. The van der Waals surface area contributed by atoms with Gasteiger partial charge in [-0.1, -0.05) is 6.42 Å². The number of fused-ring (bicyclic) bond motifs is 2. The van der Waals surface area contributed by atoms with Crippen molar-refractivity contribution in [1.29, 1.82) is 0 Å². The zero-order chi connectivity index (χ0) is 12.4. The summed E-state index contributed by atoms with van der Waals surface area (Å²) in [5.41, 5.74) is 6.07. The number of rotatable bonds is 3. The van der Waals surface area contributed by atoms with Crippen LogP contribution in [0.1, 0.15) is 46.0 Å². The number of hydrogen-bond donors (Lipinski definition) is 2. The van der Waals surface area contributed by atoms with Gasteiger partial charge in [0, 0.05) is 24.2 Å². The standard InChI is InChI=1S/C13H25N3O/c1-9(2)15-13(17)8-16-11-4-3-5-12(16)7-10(14)6-11/h9-12H,3-8,14H2,1-2H3,(H,15,17). The molecule has 98 valence electrons. The molecule has 2 atom stereocenters. The van der Waals surface area contributed by atoms with Crippen molar-refractivity contribution >= 4 is 5.91 Å². The maximum atomic E-state index is 11.9. The SMILES string of the molecule is CC(C)NC(=O)CN1C2CCCC1CC(N)C2. The minimum Gasteiger partial charge on any atom is -0.353 e. The van der Waals surface area contributed by atoms with E-state index in [0.717, 1.165) is 12.8 Å². The number of hydrogen-bond acceptors (Lipinski definition) is 3. The summed E-state index contributed by atoms with van der Waals surface area (Å²) in [5.74, 6) is 0.160. The number of nitrogens with zero attached hydrogens (tertiary/aromatic N) is 1. The summed E-state index contributed by atoms with van der Waals surface area (Å²) in [5, 5.41) is 2.98. The van der Waals surface area contributed by atoms with Gasteiger partial charge in [-0.05, 0) is 39.5 Å². The van der Waals surface area contributed by atoms with E-state index in [0.29, 0.717) is 24.7 Å². The van der Waals surface area contributed by atoms with E-state index in [1.165, 1.54) is 19.3 Å². The summed E-state index contributed by atoms with van der Waals surface area (Å²) >= 11 is 0. The Hall–Kier alpha value is -0.610. The molecule has 0 aliphatic carbocycles. The molecule has 2 fully saturated rings. The smallest absolute Gasteiger partial charge is 0.234 e. The third kappa shape index (κ3) is 3.19. The fourth-order valence-corrected chi connectivity index (χ4v) is 3.31. The number of carbonyl (C=O) groups excluding carboxylic acids is 1. The molecule has 2 aliphatic heterocycles. The van der Waals surface area contributed by atoms with Crippen molar-refractivity contribution in [1.82, 2.24) is 10.2 Å². The Morgan fingerprint density at radius 1 is 1.35 bits per heavy atom. The maximum absolute atomic E-state index is 11.9. The van der Waals surface area contributed by atoms with Crippen LogP contribution in [0.25, 0.3) is 0 Å². The van der Waals surface area contributed by atoms with Crippen LogP contribution in [0.5, 0.6) is 0 Å². The van der Waals surface area contributed by atoms with E-state index in [1.54, 1.807) is 0 Å². The van der Waals surface area contributed by atoms with Gasteiger partial charge in [-0.25, -0.2) is 0 Å². The van der Waals surface area contributed by atoms with Crippen LogP contribution in [0.4, 0.5) is 0 Å². The maximum Gasteiger partial charge on any atom is 0.234 e. The lowest BCUT2D eigenvalue weighted by atomic mass is 9.82. The molecule has 4 nitrogen and oxygen atoms in total. The number of amides is 1. The normalized spacial score (nSPS) is 33.8. The molecular weight excluding hydrogens is 214 g/mol. The van der Waals surface area contributed by atoms with Gasteiger partial charge in [-0.3, -0.25) is 9.69 Å². The van der Waals surface area contributed by atoms with Gasteiger partial charge in [0.15, 0.2) is 0 Å². The highest BCUT2D eigenvalue weighted by molar-refractivity contribution is 5.78. The van der Waals surface area contributed by atoms with Crippen molar-refractivity contribution in [2.75, 3.05) is 6.54 Å². The van der Waals surface area contributed by atoms with Crippen molar-refractivity contribution in [3.63, 3.8) is 0 Å². The lowest BCUT2D eigenvalue weighted by Gasteiger charge is -2.47. The fourth-order valence-electron chi connectivity index (χ4n) is 3.31. The van der Waals surface area contributed by atoms with E-state index >= 15 is 0 Å². The van der Waals surface area contributed by atoms with Crippen molar-refractivity contribution in [2.45, 2.75) is 70.1 Å². The average molecular weight is 239 g/mol. The van der Waals surface area contributed by atoms with Crippen LogP contribution in [0.2, 0.25) is 0 Å². The number of piperidine rings is 2. The highest BCUT2D eigenvalue weighted by Gasteiger charge is 2.37. The Kier molecular flexibility index (Phi) is 4.05. The molecule has 0 radical (unpaired) electrons. The molecule has 0 spiro atoms. The van der Waals surface area contributed by atoms with Gasteiger partial charge in [-0.2, -0.15) is 0 Å². The first-order chi connectivity index (χ1) is 8.06. The van der Waals surface area contributed by atoms with Crippen LogP contribution < -0.4 is 11.1 Å². The molecule has 0 aromatic heterocycles. The second-order valence-corrected chi connectivity index (χ2v) is 5.86. The number of carbonyl (C=O) groups is 1. The van der Waals surface area contributed by atoms with Gasteiger partial charge in [0.05, 0.1) is 6.54 Å².